The fraction of sp³-hybridized carbons (Fsp3) is 0.727. The minimum atomic E-state index is -0.0591. The zero-order chi connectivity index (χ0) is 12.7. The van der Waals surface area contributed by atoms with Gasteiger partial charge in [-0.3, -0.25) is 0 Å². The van der Waals surface area contributed by atoms with Gasteiger partial charge in [0.2, 0.25) is 5.95 Å². The molecule has 1 heterocycles. The highest BCUT2D eigenvalue weighted by Gasteiger charge is 2.14. The fourth-order valence-corrected chi connectivity index (χ4v) is 2.36. The number of nitrogens with zero attached hydrogens (tertiary/aromatic N) is 3. The number of aromatic nitrogens is 3. The van der Waals surface area contributed by atoms with E-state index in [1.807, 2.05) is 0 Å². The van der Waals surface area contributed by atoms with Gasteiger partial charge < -0.3 is 5.73 Å². The molecule has 0 aromatic carbocycles. The molecule has 0 saturated carbocycles. The Morgan fingerprint density at radius 1 is 1.29 bits per heavy atom. The molecule has 1 aromatic rings. The van der Waals surface area contributed by atoms with Crippen LogP contribution >= 0.6 is 23.2 Å². The lowest BCUT2D eigenvalue weighted by Gasteiger charge is -2.13. The second-order valence-electron chi connectivity index (χ2n) is 4.04. The van der Waals surface area contributed by atoms with Gasteiger partial charge in [-0.05, 0) is 12.8 Å². The molecule has 0 spiro atoms. The molecule has 1 aromatic heterocycles. The van der Waals surface area contributed by atoms with Gasteiger partial charge in [-0.1, -0.05) is 19.8 Å². The van der Waals surface area contributed by atoms with E-state index in [0.29, 0.717) is 12.2 Å². The number of halogens is 2. The highest BCUT2D eigenvalue weighted by atomic mass is 35.5. The van der Waals surface area contributed by atoms with Gasteiger partial charge in [0.25, 0.3) is 0 Å². The topological polar surface area (TPSA) is 64.7 Å². The van der Waals surface area contributed by atoms with Crippen molar-refractivity contribution in [3.63, 3.8) is 0 Å². The first-order valence-corrected chi connectivity index (χ1v) is 6.70. The average Bonchev–Trinajstić information content (AvgIpc) is 2.26. The molecule has 0 amide bonds. The quantitative estimate of drug-likeness (QED) is 0.778. The summed E-state index contributed by atoms with van der Waals surface area (Å²) in [6.07, 6.45) is 6.02. The molecule has 2 N–H and O–H groups in total. The lowest BCUT2D eigenvalue weighted by molar-refractivity contribution is 0.612. The maximum atomic E-state index is 6.22. The Bertz CT molecular complexity index is 335. The van der Waals surface area contributed by atoms with Crippen molar-refractivity contribution in [2.24, 2.45) is 0 Å². The van der Waals surface area contributed by atoms with Gasteiger partial charge in [0, 0.05) is 17.2 Å². The number of hydrogen-bond donors (Lipinski definition) is 1. The summed E-state index contributed by atoms with van der Waals surface area (Å²) in [5.74, 6) is 0.851. The normalized spacial score (nSPS) is 14.5. The molecule has 2 atom stereocenters. The molecule has 0 fully saturated rings. The van der Waals surface area contributed by atoms with Gasteiger partial charge in [0.15, 0.2) is 0 Å². The highest BCUT2D eigenvalue weighted by molar-refractivity contribution is 6.23. The standard InChI is InChI=1S/C11H18Cl2N4/c1-2-3-4-8(12)5-9(13)6-10-15-7-16-11(14)17-10/h7-9H,2-6H2,1H3,(H2,14,15,16,17). The van der Waals surface area contributed by atoms with E-state index in [0.717, 1.165) is 25.7 Å². The fourth-order valence-electron chi connectivity index (χ4n) is 1.55. The van der Waals surface area contributed by atoms with Crippen LogP contribution in [0.15, 0.2) is 6.33 Å². The van der Waals surface area contributed by atoms with E-state index < -0.39 is 0 Å². The van der Waals surface area contributed by atoms with Crippen molar-refractivity contribution in [3.05, 3.63) is 12.2 Å². The summed E-state index contributed by atoms with van der Waals surface area (Å²) in [6, 6.07) is 0. The Kier molecular flexibility index (Phi) is 6.52. The number of rotatable bonds is 7. The zero-order valence-corrected chi connectivity index (χ0v) is 11.5. The Morgan fingerprint density at radius 3 is 2.71 bits per heavy atom. The van der Waals surface area contributed by atoms with E-state index in [1.54, 1.807) is 0 Å². The van der Waals surface area contributed by atoms with E-state index in [2.05, 4.69) is 21.9 Å². The van der Waals surface area contributed by atoms with Crippen molar-refractivity contribution in [1.29, 1.82) is 0 Å². The largest absolute Gasteiger partial charge is 0.368 e. The van der Waals surface area contributed by atoms with Crippen LogP contribution in [0.1, 0.15) is 38.4 Å². The van der Waals surface area contributed by atoms with Gasteiger partial charge in [-0.25, -0.2) is 9.97 Å². The molecule has 0 aliphatic carbocycles. The predicted molar refractivity (Wildman–Crippen MR) is 71.4 cm³/mol. The molecule has 96 valence electrons. The third kappa shape index (κ3) is 6.03. The Labute approximate surface area is 112 Å². The number of hydrogen-bond acceptors (Lipinski definition) is 4. The molecule has 0 bridgehead atoms. The molecule has 0 aliphatic heterocycles. The van der Waals surface area contributed by atoms with Crippen molar-refractivity contribution >= 4 is 29.2 Å². The molecule has 2 unspecified atom stereocenters. The van der Waals surface area contributed by atoms with Crippen LogP contribution in [0.5, 0.6) is 0 Å². The first kappa shape index (κ1) is 14.5. The summed E-state index contributed by atoms with van der Waals surface area (Å²) in [7, 11) is 0. The smallest absolute Gasteiger partial charge is 0.223 e. The number of unbranched alkanes of at least 4 members (excludes halogenated alkanes) is 1. The zero-order valence-electron chi connectivity index (χ0n) is 9.94. The molecule has 6 heteroatoms. The second kappa shape index (κ2) is 7.67. The Morgan fingerprint density at radius 2 is 2.06 bits per heavy atom. The van der Waals surface area contributed by atoms with Crippen molar-refractivity contribution in [2.45, 2.75) is 49.8 Å². The second-order valence-corrected chi connectivity index (χ2v) is 5.27. The predicted octanol–water partition coefficient (Wildman–Crippen LogP) is 2.79. The molecule has 17 heavy (non-hydrogen) atoms. The highest BCUT2D eigenvalue weighted by Crippen LogP contribution is 2.18. The monoisotopic (exact) mass is 276 g/mol. The van der Waals surface area contributed by atoms with Gasteiger partial charge in [0.1, 0.15) is 12.2 Å². The number of nitrogen functional groups attached to an aromatic ring is 1. The molecule has 0 saturated heterocycles. The maximum absolute atomic E-state index is 6.22. The average molecular weight is 277 g/mol. The van der Waals surface area contributed by atoms with Crippen LogP contribution in [0.4, 0.5) is 5.95 Å². The molecule has 1 rings (SSSR count). The van der Waals surface area contributed by atoms with Gasteiger partial charge in [-0.15, -0.1) is 23.2 Å². The van der Waals surface area contributed by atoms with Crippen LogP contribution in [0.25, 0.3) is 0 Å². The lowest BCUT2D eigenvalue weighted by Crippen LogP contribution is -2.14. The number of anilines is 1. The molecular weight excluding hydrogens is 259 g/mol. The van der Waals surface area contributed by atoms with Crippen LogP contribution in [-0.4, -0.2) is 25.7 Å². The van der Waals surface area contributed by atoms with Gasteiger partial charge in [-0.2, -0.15) is 4.98 Å². The minimum absolute atomic E-state index is 0.0591. The number of nitrogens with two attached hydrogens (primary N) is 1. The summed E-state index contributed by atoms with van der Waals surface area (Å²) in [5.41, 5.74) is 5.47. The Balaban J connectivity index is 2.36. The van der Waals surface area contributed by atoms with Crippen molar-refractivity contribution in [1.82, 2.24) is 15.0 Å². The summed E-state index contributed by atoms with van der Waals surface area (Å²) in [6.45, 7) is 2.15. The lowest BCUT2D eigenvalue weighted by atomic mass is 10.1. The van der Waals surface area contributed by atoms with E-state index in [9.17, 15) is 0 Å². The first-order valence-electron chi connectivity index (χ1n) is 5.83. The van der Waals surface area contributed by atoms with Crippen molar-refractivity contribution in [3.8, 4) is 0 Å². The van der Waals surface area contributed by atoms with Crippen molar-refractivity contribution < 1.29 is 0 Å². The van der Waals surface area contributed by atoms with Crippen LogP contribution in [0.3, 0.4) is 0 Å². The summed E-state index contributed by atoms with van der Waals surface area (Å²) < 4.78 is 0. The molecular formula is C11H18Cl2N4. The summed E-state index contributed by atoms with van der Waals surface area (Å²) in [5, 5.41) is 0.0628. The molecule has 0 radical (unpaired) electrons. The summed E-state index contributed by atoms with van der Waals surface area (Å²) in [4.78, 5) is 11.8. The van der Waals surface area contributed by atoms with E-state index in [1.165, 1.54) is 6.33 Å². The third-order valence-corrected chi connectivity index (χ3v) is 3.16. The van der Waals surface area contributed by atoms with Gasteiger partial charge in [0.05, 0.1) is 0 Å². The van der Waals surface area contributed by atoms with E-state index in [4.69, 9.17) is 28.9 Å². The van der Waals surface area contributed by atoms with Gasteiger partial charge >= 0.3 is 0 Å². The SMILES string of the molecule is CCCCC(Cl)CC(Cl)Cc1ncnc(N)n1. The Hall–Kier alpha value is -0.610. The maximum Gasteiger partial charge on any atom is 0.223 e. The van der Waals surface area contributed by atoms with E-state index >= 15 is 0 Å². The first-order chi connectivity index (χ1) is 8.11. The molecule has 0 aliphatic rings. The third-order valence-electron chi connectivity index (χ3n) is 2.43. The molecule has 4 nitrogen and oxygen atoms in total. The van der Waals surface area contributed by atoms with Crippen LogP contribution in [0.2, 0.25) is 0 Å². The summed E-state index contributed by atoms with van der Waals surface area (Å²) >= 11 is 12.4. The van der Waals surface area contributed by atoms with E-state index in [-0.39, 0.29) is 16.7 Å². The number of alkyl halides is 2. The van der Waals surface area contributed by atoms with Crippen LogP contribution < -0.4 is 5.73 Å². The van der Waals surface area contributed by atoms with Crippen LogP contribution in [-0.2, 0) is 6.42 Å². The van der Waals surface area contributed by atoms with Crippen molar-refractivity contribution in [2.75, 3.05) is 5.73 Å². The van der Waals surface area contributed by atoms with Crippen LogP contribution in [0, 0.1) is 0 Å². The minimum Gasteiger partial charge on any atom is -0.368 e.